The van der Waals surface area contributed by atoms with Gasteiger partial charge in [0.1, 0.15) is 28.8 Å². The standard InChI is InChI=1S/C21H26N8O/c1-13-12-28(8-7-22-13)17-4-2-14(10-23-17)19-20-16(26-27-19)11-24-21(25-20)29-15-3-5-18(29)30-9-6-15/h2,4,10-11,13,15,18,22H,3,5-9,12H2,1H3,(H,26,27)/t13?,15-,18+/m0/s1. The maximum atomic E-state index is 5.93. The molecule has 3 aromatic rings. The Kier molecular flexibility index (Phi) is 4.31. The summed E-state index contributed by atoms with van der Waals surface area (Å²) >= 11 is 0. The molecule has 3 aliphatic rings. The van der Waals surface area contributed by atoms with Gasteiger partial charge in [-0.3, -0.25) is 5.10 Å². The van der Waals surface area contributed by atoms with Crippen LogP contribution in [0.2, 0.25) is 0 Å². The molecule has 0 amide bonds. The second-order valence-electron chi connectivity index (χ2n) is 8.46. The van der Waals surface area contributed by atoms with Crippen molar-refractivity contribution in [2.45, 2.75) is 44.5 Å². The molecule has 3 aliphatic heterocycles. The smallest absolute Gasteiger partial charge is 0.228 e. The lowest BCUT2D eigenvalue weighted by molar-refractivity contribution is 0.0365. The fraction of sp³-hybridized carbons (Fsp3) is 0.524. The molecule has 0 aliphatic carbocycles. The lowest BCUT2D eigenvalue weighted by atomic mass is 10.1. The van der Waals surface area contributed by atoms with Crippen LogP contribution in [0.25, 0.3) is 22.3 Å². The first kappa shape index (κ1) is 18.0. The van der Waals surface area contributed by atoms with Crippen LogP contribution in [-0.2, 0) is 4.74 Å². The number of anilines is 2. The van der Waals surface area contributed by atoms with E-state index in [0.717, 1.165) is 79.6 Å². The Morgan fingerprint density at radius 1 is 1.13 bits per heavy atom. The molecule has 6 rings (SSSR count). The average Bonchev–Trinajstić information content (AvgIpc) is 3.31. The van der Waals surface area contributed by atoms with Gasteiger partial charge in [-0.2, -0.15) is 5.10 Å². The molecule has 0 radical (unpaired) electrons. The van der Waals surface area contributed by atoms with Crippen molar-refractivity contribution in [2.75, 3.05) is 36.0 Å². The number of piperazine rings is 1. The van der Waals surface area contributed by atoms with E-state index in [1.165, 1.54) is 0 Å². The Morgan fingerprint density at radius 2 is 2.10 bits per heavy atom. The van der Waals surface area contributed by atoms with E-state index in [-0.39, 0.29) is 6.23 Å². The van der Waals surface area contributed by atoms with Crippen molar-refractivity contribution in [1.29, 1.82) is 0 Å². The quantitative estimate of drug-likeness (QED) is 0.681. The van der Waals surface area contributed by atoms with Crippen molar-refractivity contribution in [2.24, 2.45) is 0 Å². The Bertz CT molecular complexity index is 1030. The van der Waals surface area contributed by atoms with E-state index < -0.39 is 0 Å². The Hall–Kier alpha value is -2.78. The van der Waals surface area contributed by atoms with Crippen LogP contribution in [0.1, 0.15) is 26.2 Å². The van der Waals surface area contributed by atoms with Gasteiger partial charge in [0.15, 0.2) is 0 Å². The molecule has 3 fully saturated rings. The van der Waals surface area contributed by atoms with Crippen molar-refractivity contribution in [3.05, 3.63) is 24.5 Å². The van der Waals surface area contributed by atoms with Crippen LogP contribution in [-0.4, -0.2) is 69.7 Å². The summed E-state index contributed by atoms with van der Waals surface area (Å²) in [7, 11) is 0. The number of rotatable bonds is 3. The highest BCUT2D eigenvalue weighted by Gasteiger charge is 2.39. The summed E-state index contributed by atoms with van der Waals surface area (Å²) in [5, 5.41) is 11.1. The minimum Gasteiger partial charge on any atom is -0.358 e. The lowest BCUT2D eigenvalue weighted by Crippen LogP contribution is -2.49. The SMILES string of the molecule is CC1CN(c2ccc(-c3n[nH]c4cnc(N5[C@@H]6CCO[C@@H]5CC6)nc34)cn2)CCN1. The first-order valence-electron chi connectivity index (χ1n) is 10.8. The molecule has 3 atom stereocenters. The molecule has 3 saturated heterocycles. The van der Waals surface area contributed by atoms with Gasteiger partial charge in [-0.15, -0.1) is 0 Å². The fourth-order valence-electron chi connectivity index (χ4n) is 4.91. The Balaban J connectivity index is 1.32. The highest BCUT2D eigenvalue weighted by Crippen LogP contribution is 2.35. The zero-order valence-electron chi connectivity index (χ0n) is 17.1. The summed E-state index contributed by atoms with van der Waals surface area (Å²) < 4.78 is 5.93. The van der Waals surface area contributed by atoms with Crippen molar-refractivity contribution in [1.82, 2.24) is 30.5 Å². The molecule has 0 saturated carbocycles. The zero-order valence-corrected chi connectivity index (χ0v) is 17.1. The number of hydrogen-bond acceptors (Lipinski definition) is 8. The first-order chi connectivity index (χ1) is 14.8. The number of hydrogen-bond donors (Lipinski definition) is 2. The molecule has 9 heteroatoms. The van der Waals surface area contributed by atoms with Gasteiger partial charge >= 0.3 is 0 Å². The van der Waals surface area contributed by atoms with Crippen LogP contribution in [0, 0.1) is 0 Å². The van der Waals surface area contributed by atoms with E-state index in [4.69, 9.17) is 14.7 Å². The number of aromatic amines is 1. The van der Waals surface area contributed by atoms with Crippen LogP contribution >= 0.6 is 0 Å². The summed E-state index contributed by atoms with van der Waals surface area (Å²) in [6, 6.07) is 5.10. The zero-order chi connectivity index (χ0) is 20.1. The summed E-state index contributed by atoms with van der Waals surface area (Å²) in [4.78, 5) is 18.8. The van der Waals surface area contributed by atoms with Gasteiger partial charge in [0.2, 0.25) is 5.95 Å². The maximum absolute atomic E-state index is 5.93. The van der Waals surface area contributed by atoms with E-state index in [9.17, 15) is 0 Å². The minimum absolute atomic E-state index is 0.0962. The molecule has 2 N–H and O–H groups in total. The topological polar surface area (TPSA) is 95.1 Å². The first-order valence-corrected chi connectivity index (χ1v) is 10.8. The lowest BCUT2D eigenvalue weighted by Gasteiger charge is -2.34. The normalized spacial score (nSPS) is 26.5. The highest BCUT2D eigenvalue weighted by molar-refractivity contribution is 5.89. The third kappa shape index (κ3) is 3.00. The van der Waals surface area contributed by atoms with Gasteiger partial charge < -0.3 is 19.9 Å². The Morgan fingerprint density at radius 3 is 2.93 bits per heavy atom. The van der Waals surface area contributed by atoms with Crippen LogP contribution in [0.4, 0.5) is 11.8 Å². The number of nitrogens with one attached hydrogen (secondary N) is 2. The van der Waals surface area contributed by atoms with E-state index in [2.05, 4.69) is 49.4 Å². The third-order valence-corrected chi connectivity index (χ3v) is 6.45. The van der Waals surface area contributed by atoms with Gasteiger partial charge in [0.25, 0.3) is 0 Å². The van der Waals surface area contributed by atoms with Crippen molar-refractivity contribution in [3.8, 4) is 11.3 Å². The highest BCUT2D eigenvalue weighted by atomic mass is 16.5. The molecule has 30 heavy (non-hydrogen) atoms. The third-order valence-electron chi connectivity index (χ3n) is 6.45. The van der Waals surface area contributed by atoms with E-state index in [1.54, 1.807) is 0 Å². The van der Waals surface area contributed by atoms with Crippen molar-refractivity contribution >= 4 is 22.8 Å². The molecule has 6 heterocycles. The number of aromatic nitrogens is 5. The molecule has 156 valence electrons. The second kappa shape index (κ2) is 7.17. The molecular formula is C21H26N8O. The number of pyridine rings is 1. The van der Waals surface area contributed by atoms with E-state index in [1.807, 2.05) is 12.4 Å². The van der Waals surface area contributed by atoms with Gasteiger partial charge in [-0.25, -0.2) is 15.0 Å². The molecular weight excluding hydrogens is 380 g/mol. The van der Waals surface area contributed by atoms with Crippen molar-refractivity contribution < 1.29 is 4.74 Å². The maximum Gasteiger partial charge on any atom is 0.228 e. The molecule has 3 aromatic heterocycles. The molecule has 2 bridgehead atoms. The van der Waals surface area contributed by atoms with E-state index >= 15 is 0 Å². The van der Waals surface area contributed by atoms with Crippen LogP contribution in [0.5, 0.6) is 0 Å². The molecule has 0 spiro atoms. The van der Waals surface area contributed by atoms with Gasteiger partial charge in [0, 0.05) is 43.5 Å². The molecule has 0 aromatic carbocycles. The summed E-state index contributed by atoms with van der Waals surface area (Å²) in [6.45, 7) is 5.95. The van der Waals surface area contributed by atoms with Gasteiger partial charge in [-0.1, -0.05) is 0 Å². The van der Waals surface area contributed by atoms with Crippen LogP contribution in [0.15, 0.2) is 24.5 Å². The fourth-order valence-corrected chi connectivity index (χ4v) is 4.91. The number of ether oxygens (including phenoxy) is 1. The van der Waals surface area contributed by atoms with Crippen molar-refractivity contribution in [3.63, 3.8) is 0 Å². The summed E-state index contributed by atoms with van der Waals surface area (Å²) in [6.07, 6.45) is 7.03. The predicted octanol–water partition coefficient (Wildman–Crippen LogP) is 1.93. The number of fused-ring (bicyclic) bond motifs is 3. The monoisotopic (exact) mass is 406 g/mol. The number of H-pyrrole nitrogens is 1. The molecule has 9 nitrogen and oxygen atoms in total. The summed E-state index contributed by atoms with van der Waals surface area (Å²) in [5.41, 5.74) is 3.43. The number of nitrogens with zero attached hydrogens (tertiary/aromatic N) is 6. The Labute approximate surface area is 174 Å². The molecule has 1 unspecified atom stereocenters. The van der Waals surface area contributed by atoms with Gasteiger partial charge in [-0.05, 0) is 38.3 Å². The minimum atomic E-state index is 0.0962. The van der Waals surface area contributed by atoms with Crippen LogP contribution in [0.3, 0.4) is 0 Å². The van der Waals surface area contributed by atoms with Gasteiger partial charge in [0.05, 0.1) is 12.8 Å². The van der Waals surface area contributed by atoms with E-state index in [0.29, 0.717) is 12.1 Å². The largest absolute Gasteiger partial charge is 0.358 e. The summed E-state index contributed by atoms with van der Waals surface area (Å²) in [5.74, 6) is 1.74. The van der Waals surface area contributed by atoms with Crippen LogP contribution < -0.4 is 15.1 Å². The second-order valence-corrected chi connectivity index (χ2v) is 8.46. The average molecular weight is 406 g/mol. The predicted molar refractivity (Wildman–Crippen MR) is 114 cm³/mol.